The Morgan fingerprint density at radius 3 is 2.78 bits per heavy atom. The van der Waals surface area contributed by atoms with Crippen LogP contribution in [0.5, 0.6) is 0 Å². The lowest BCUT2D eigenvalue weighted by Gasteiger charge is -2.24. The Labute approximate surface area is 65.0 Å². The summed E-state index contributed by atoms with van der Waals surface area (Å²) in [5.41, 5.74) is 0. The predicted octanol–water partition coefficient (Wildman–Crippen LogP) is 1.87. The van der Waals surface area contributed by atoms with Crippen LogP contribution in [0, 0.1) is 5.92 Å². The zero-order valence-electron chi connectivity index (χ0n) is 5.56. The summed E-state index contributed by atoms with van der Waals surface area (Å²) in [5, 5.41) is 3.96. The Morgan fingerprint density at radius 1 is 1.56 bits per heavy atom. The van der Waals surface area contributed by atoms with Crippen molar-refractivity contribution in [2.45, 2.75) is 18.6 Å². The van der Waals surface area contributed by atoms with E-state index >= 15 is 0 Å². The quantitative estimate of drug-likeness (QED) is 0.637. The molecule has 0 spiro atoms. The highest BCUT2D eigenvalue weighted by molar-refractivity contribution is 8.21. The van der Waals surface area contributed by atoms with Gasteiger partial charge in [0.15, 0.2) is 0 Å². The highest BCUT2D eigenvalue weighted by atomic mass is 35.7. The molecule has 2 unspecified atom stereocenters. The van der Waals surface area contributed by atoms with Gasteiger partial charge in [0.05, 0.1) is 0 Å². The second-order valence-electron chi connectivity index (χ2n) is 2.71. The van der Waals surface area contributed by atoms with Crippen LogP contribution < -0.4 is 5.32 Å². The molecule has 1 aliphatic heterocycles. The van der Waals surface area contributed by atoms with Crippen LogP contribution in [0.1, 0.15) is 13.3 Å². The van der Waals surface area contributed by atoms with Crippen LogP contribution in [0.4, 0.5) is 0 Å². The smallest absolute Gasteiger partial charge is 0.0327 e. The van der Waals surface area contributed by atoms with Gasteiger partial charge in [0.2, 0.25) is 0 Å². The number of hydrogen-bond donors (Lipinski definition) is 1. The van der Waals surface area contributed by atoms with Crippen LogP contribution in [0.15, 0.2) is 0 Å². The van der Waals surface area contributed by atoms with E-state index in [1.807, 2.05) is 0 Å². The van der Waals surface area contributed by atoms with Crippen molar-refractivity contribution in [1.29, 1.82) is 0 Å². The zero-order chi connectivity index (χ0) is 6.69. The van der Waals surface area contributed by atoms with E-state index in [9.17, 15) is 0 Å². The van der Waals surface area contributed by atoms with E-state index in [2.05, 4.69) is 12.2 Å². The molecule has 0 aliphatic carbocycles. The van der Waals surface area contributed by atoms with Gasteiger partial charge in [-0.3, -0.25) is 0 Å². The lowest BCUT2D eigenvalue weighted by molar-refractivity contribution is 0.414. The van der Waals surface area contributed by atoms with Gasteiger partial charge >= 0.3 is 0 Å². The fraction of sp³-hybridized carbons (Fsp3) is 1.00. The number of halogens is 1. The van der Waals surface area contributed by atoms with Crippen molar-refractivity contribution in [3.63, 3.8) is 0 Å². The molecule has 3 heteroatoms. The molecule has 2 atom stereocenters. The number of nitrogens with one attached hydrogen (secondary N) is 1. The Morgan fingerprint density at radius 2 is 2.33 bits per heavy atom. The van der Waals surface area contributed by atoms with Crippen molar-refractivity contribution in [3.05, 3.63) is 0 Å². The van der Waals surface area contributed by atoms with Gasteiger partial charge in [0.1, 0.15) is 0 Å². The van der Waals surface area contributed by atoms with Gasteiger partial charge in [-0.05, 0) is 29.6 Å². The highest BCUT2D eigenvalue weighted by Crippen LogP contribution is 2.24. The van der Waals surface area contributed by atoms with Crippen LogP contribution >= 0.6 is 21.7 Å². The molecule has 0 radical (unpaired) electrons. The van der Waals surface area contributed by atoms with E-state index in [4.69, 9.17) is 10.7 Å². The summed E-state index contributed by atoms with van der Waals surface area (Å²) in [7, 11) is 7.08. The molecule has 0 saturated carbocycles. The molecule has 1 rings (SSSR count). The third-order valence-corrected chi connectivity index (χ3v) is 3.02. The van der Waals surface area contributed by atoms with Crippen molar-refractivity contribution in [1.82, 2.24) is 5.32 Å². The molecule has 0 aromatic carbocycles. The molecule has 9 heavy (non-hydrogen) atoms. The van der Waals surface area contributed by atoms with E-state index in [0.29, 0.717) is 5.25 Å². The molecule has 54 valence electrons. The van der Waals surface area contributed by atoms with Crippen molar-refractivity contribution in [2.24, 2.45) is 5.92 Å². The first-order valence-electron chi connectivity index (χ1n) is 3.31. The Bertz CT molecular complexity index is 89.1. The minimum atomic E-state index is 0.635. The van der Waals surface area contributed by atoms with Crippen molar-refractivity contribution >= 4 is 21.7 Å². The van der Waals surface area contributed by atoms with Gasteiger partial charge in [0, 0.05) is 11.8 Å². The van der Waals surface area contributed by atoms with Crippen LogP contribution in [-0.4, -0.2) is 18.3 Å². The Kier molecular flexibility index (Phi) is 3.16. The number of hydrogen-bond acceptors (Lipinski definition) is 2. The molecule has 0 amide bonds. The molecule has 1 heterocycles. The monoisotopic (exact) mass is 165 g/mol. The van der Waals surface area contributed by atoms with Crippen LogP contribution in [0.2, 0.25) is 0 Å². The maximum Gasteiger partial charge on any atom is 0.0327 e. The predicted molar refractivity (Wildman–Crippen MR) is 43.9 cm³/mol. The number of piperidine rings is 1. The fourth-order valence-electron chi connectivity index (χ4n) is 1.17. The Hall–Kier alpha value is 0.600. The zero-order valence-corrected chi connectivity index (χ0v) is 7.13. The van der Waals surface area contributed by atoms with Gasteiger partial charge in [-0.2, -0.15) is 0 Å². The van der Waals surface area contributed by atoms with Crippen molar-refractivity contribution < 1.29 is 0 Å². The summed E-state index contributed by atoms with van der Waals surface area (Å²) in [5.74, 6) is 0.801. The van der Waals surface area contributed by atoms with Gasteiger partial charge in [-0.15, -0.1) is 0 Å². The SMILES string of the molecule is CC1CNCC(SCl)C1. The molecular weight excluding hydrogens is 154 g/mol. The van der Waals surface area contributed by atoms with E-state index in [1.165, 1.54) is 17.4 Å². The first-order valence-corrected chi connectivity index (χ1v) is 5.01. The normalized spacial score (nSPS) is 36.7. The summed E-state index contributed by atoms with van der Waals surface area (Å²) >= 11 is 0. The minimum Gasteiger partial charge on any atom is -0.315 e. The first-order chi connectivity index (χ1) is 4.33. The lowest BCUT2D eigenvalue weighted by atomic mass is 10.0. The summed E-state index contributed by atoms with van der Waals surface area (Å²) in [6.45, 7) is 4.50. The molecule has 0 aromatic rings. The molecular formula is C6H12ClNS. The highest BCUT2D eigenvalue weighted by Gasteiger charge is 2.17. The summed E-state index contributed by atoms with van der Waals surface area (Å²) in [6, 6.07) is 0. The van der Waals surface area contributed by atoms with E-state index in [1.54, 1.807) is 0 Å². The second kappa shape index (κ2) is 3.69. The van der Waals surface area contributed by atoms with Gasteiger partial charge < -0.3 is 5.32 Å². The molecule has 1 N–H and O–H groups in total. The summed E-state index contributed by atoms with van der Waals surface area (Å²) in [4.78, 5) is 0. The van der Waals surface area contributed by atoms with E-state index < -0.39 is 0 Å². The van der Waals surface area contributed by atoms with Crippen LogP contribution in [0.25, 0.3) is 0 Å². The number of rotatable bonds is 1. The van der Waals surface area contributed by atoms with E-state index in [-0.39, 0.29) is 0 Å². The van der Waals surface area contributed by atoms with Crippen molar-refractivity contribution in [2.75, 3.05) is 13.1 Å². The van der Waals surface area contributed by atoms with Crippen LogP contribution in [0.3, 0.4) is 0 Å². The fourth-order valence-corrected chi connectivity index (χ4v) is 2.16. The standard InChI is InChI=1S/C6H12ClNS/c1-5-2-6(9-7)4-8-3-5/h5-6,8H,2-4H2,1H3. The molecule has 1 fully saturated rings. The average molecular weight is 166 g/mol. The van der Waals surface area contributed by atoms with Gasteiger partial charge in [-0.25, -0.2) is 0 Å². The van der Waals surface area contributed by atoms with E-state index in [0.717, 1.165) is 19.0 Å². The second-order valence-corrected chi connectivity index (χ2v) is 4.09. The van der Waals surface area contributed by atoms with Crippen LogP contribution in [-0.2, 0) is 0 Å². The maximum atomic E-state index is 5.62. The average Bonchev–Trinajstić information content (AvgIpc) is 1.88. The van der Waals surface area contributed by atoms with Gasteiger partial charge in [-0.1, -0.05) is 17.9 Å². The topological polar surface area (TPSA) is 12.0 Å². The minimum absolute atomic E-state index is 0.635. The largest absolute Gasteiger partial charge is 0.315 e. The molecule has 1 aliphatic rings. The summed E-state index contributed by atoms with van der Waals surface area (Å²) in [6.07, 6.45) is 1.27. The lowest BCUT2D eigenvalue weighted by Crippen LogP contribution is -2.36. The first kappa shape index (κ1) is 7.70. The molecule has 0 aromatic heterocycles. The Balaban J connectivity index is 2.23. The van der Waals surface area contributed by atoms with Crippen molar-refractivity contribution in [3.8, 4) is 0 Å². The third-order valence-electron chi connectivity index (χ3n) is 1.66. The maximum absolute atomic E-state index is 5.62. The summed E-state index contributed by atoms with van der Waals surface area (Å²) < 4.78 is 0. The molecule has 0 bridgehead atoms. The molecule has 1 saturated heterocycles. The third kappa shape index (κ3) is 2.36. The molecule has 1 nitrogen and oxygen atoms in total. The van der Waals surface area contributed by atoms with Gasteiger partial charge in [0.25, 0.3) is 0 Å².